The molecule has 1 aliphatic rings. The topological polar surface area (TPSA) is 118 Å². The van der Waals surface area contributed by atoms with Gasteiger partial charge < -0.3 is 19.4 Å². The van der Waals surface area contributed by atoms with Gasteiger partial charge in [0.05, 0.1) is 13.3 Å². The lowest BCUT2D eigenvalue weighted by Crippen LogP contribution is -2.34. The quantitative estimate of drug-likeness (QED) is 0.658. The SMILES string of the molecule is COc1nc(N2CCC(CCP(O)O)CC2)cc2cnn(CC(C)=O)c(=O)c12. The lowest BCUT2D eigenvalue weighted by molar-refractivity contribution is -0.117. The van der Waals surface area contributed by atoms with Gasteiger partial charge in [0.25, 0.3) is 5.56 Å². The number of pyridine rings is 1. The van der Waals surface area contributed by atoms with Crippen molar-refractivity contribution in [1.82, 2.24) is 14.8 Å². The Balaban J connectivity index is 1.84. The van der Waals surface area contributed by atoms with Gasteiger partial charge in [-0.2, -0.15) is 10.1 Å². The molecule has 3 rings (SSSR count). The van der Waals surface area contributed by atoms with Crippen molar-refractivity contribution in [2.45, 2.75) is 32.7 Å². The minimum atomic E-state index is -1.82. The smallest absolute Gasteiger partial charge is 0.280 e. The number of nitrogens with zero attached hydrogens (tertiary/aromatic N) is 4. The van der Waals surface area contributed by atoms with Crippen LogP contribution >= 0.6 is 8.38 Å². The predicted molar refractivity (Wildman–Crippen MR) is 107 cm³/mol. The number of anilines is 1. The minimum absolute atomic E-state index is 0.0862. The fraction of sp³-hybridized carbons (Fsp3) is 0.556. The van der Waals surface area contributed by atoms with E-state index in [2.05, 4.69) is 15.0 Å². The van der Waals surface area contributed by atoms with Crippen molar-refractivity contribution in [2.24, 2.45) is 5.92 Å². The second-order valence-corrected chi connectivity index (χ2v) is 8.27. The van der Waals surface area contributed by atoms with E-state index in [1.54, 1.807) is 6.20 Å². The molecule has 0 saturated carbocycles. The van der Waals surface area contributed by atoms with Crippen LogP contribution in [-0.2, 0) is 11.3 Å². The van der Waals surface area contributed by atoms with E-state index in [1.165, 1.54) is 14.0 Å². The normalized spacial score (nSPS) is 15.4. The van der Waals surface area contributed by atoms with Crippen LogP contribution in [-0.4, -0.2) is 56.7 Å². The molecular weight excluding hydrogens is 383 g/mol. The van der Waals surface area contributed by atoms with Gasteiger partial charge in [0.2, 0.25) is 5.88 Å². The molecule has 0 bridgehead atoms. The summed E-state index contributed by atoms with van der Waals surface area (Å²) in [6.45, 7) is 2.92. The van der Waals surface area contributed by atoms with Gasteiger partial charge in [-0.3, -0.25) is 9.59 Å². The van der Waals surface area contributed by atoms with Gasteiger partial charge in [-0.15, -0.1) is 0 Å². The van der Waals surface area contributed by atoms with Crippen molar-refractivity contribution in [1.29, 1.82) is 0 Å². The van der Waals surface area contributed by atoms with E-state index in [-0.39, 0.29) is 18.2 Å². The number of piperidine rings is 1. The maximum Gasteiger partial charge on any atom is 0.280 e. The Bertz CT molecular complexity index is 909. The fourth-order valence-electron chi connectivity index (χ4n) is 3.54. The molecule has 1 saturated heterocycles. The first kappa shape index (κ1) is 20.6. The molecule has 0 aliphatic carbocycles. The summed E-state index contributed by atoms with van der Waals surface area (Å²) < 4.78 is 6.49. The molecule has 1 fully saturated rings. The van der Waals surface area contributed by atoms with Crippen LogP contribution in [0.2, 0.25) is 0 Å². The predicted octanol–water partition coefficient (Wildman–Crippen LogP) is 1.29. The molecule has 0 spiro atoms. The van der Waals surface area contributed by atoms with Gasteiger partial charge in [0.1, 0.15) is 17.7 Å². The number of hydrogen-bond acceptors (Lipinski definition) is 8. The molecule has 0 amide bonds. The number of carbonyl (C=O) groups excluding carboxylic acids is 1. The number of rotatable bonds is 7. The average molecular weight is 408 g/mol. The lowest BCUT2D eigenvalue weighted by atomic mass is 9.94. The molecule has 3 heterocycles. The maximum absolute atomic E-state index is 12.7. The van der Waals surface area contributed by atoms with E-state index in [1.807, 2.05) is 6.07 Å². The number of ether oxygens (including phenoxy) is 1. The Hall–Kier alpha value is -2.09. The largest absolute Gasteiger partial charge is 0.480 e. The molecular formula is C18H25N4O5P. The number of Topliss-reactive ketones (excluding diaryl/α,β-unsaturated/α-hetero) is 1. The highest BCUT2D eigenvalue weighted by Gasteiger charge is 2.23. The first-order valence-corrected chi connectivity index (χ1v) is 10.7. The monoisotopic (exact) mass is 408 g/mol. The number of fused-ring (bicyclic) bond motifs is 1. The summed E-state index contributed by atoms with van der Waals surface area (Å²) in [4.78, 5) is 48.9. The summed E-state index contributed by atoms with van der Waals surface area (Å²) in [6, 6.07) is 1.82. The van der Waals surface area contributed by atoms with Gasteiger partial charge in [0.15, 0.2) is 14.2 Å². The average Bonchev–Trinajstić information content (AvgIpc) is 2.67. The van der Waals surface area contributed by atoms with Crippen molar-refractivity contribution in [2.75, 3.05) is 31.3 Å². The molecule has 0 radical (unpaired) electrons. The zero-order chi connectivity index (χ0) is 20.3. The Morgan fingerprint density at radius 3 is 2.68 bits per heavy atom. The van der Waals surface area contributed by atoms with Gasteiger partial charge in [-0.05, 0) is 38.2 Å². The Kier molecular flexibility index (Phi) is 6.59. The standard InChI is InChI=1S/C18H25N4O5P/c1-12(23)11-22-18(24)16-14(10-19-22)9-15(20-17(16)27-2)21-6-3-13(4-7-21)5-8-28(25)26/h9-10,13,25-26H,3-8,11H2,1-2H3. The minimum Gasteiger partial charge on any atom is -0.480 e. The number of aromatic nitrogens is 3. The highest BCUT2D eigenvalue weighted by molar-refractivity contribution is 7.45. The van der Waals surface area contributed by atoms with Crippen molar-refractivity contribution >= 4 is 30.7 Å². The highest BCUT2D eigenvalue weighted by Crippen LogP contribution is 2.32. The van der Waals surface area contributed by atoms with Crippen LogP contribution in [0.15, 0.2) is 17.1 Å². The zero-order valence-corrected chi connectivity index (χ0v) is 16.9. The molecule has 0 aromatic carbocycles. The third-order valence-corrected chi connectivity index (χ3v) is 5.69. The second kappa shape index (κ2) is 8.94. The second-order valence-electron chi connectivity index (χ2n) is 7.08. The third kappa shape index (κ3) is 4.66. The number of hydrogen-bond donors (Lipinski definition) is 2. The van der Waals surface area contributed by atoms with E-state index in [0.717, 1.165) is 42.9 Å². The van der Waals surface area contributed by atoms with Gasteiger partial charge in [0, 0.05) is 24.6 Å². The fourth-order valence-corrected chi connectivity index (χ4v) is 4.14. The van der Waals surface area contributed by atoms with Crippen LogP contribution in [0.1, 0.15) is 26.2 Å². The molecule has 10 heteroatoms. The summed E-state index contributed by atoms with van der Waals surface area (Å²) in [5.41, 5.74) is -0.396. The van der Waals surface area contributed by atoms with Crippen LogP contribution in [0.3, 0.4) is 0 Å². The first-order chi connectivity index (χ1) is 13.4. The highest BCUT2D eigenvalue weighted by atomic mass is 31.2. The van der Waals surface area contributed by atoms with Gasteiger partial charge in [-0.25, -0.2) is 4.68 Å². The number of ketones is 1. The molecule has 2 aromatic rings. The Morgan fingerprint density at radius 1 is 1.36 bits per heavy atom. The molecule has 28 heavy (non-hydrogen) atoms. The van der Waals surface area contributed by atoms with Crippen molar-refractivity contribution in [3.8, 4) is 5.88 Å². The molecule has 9 nitrogen and oxygen atoms in total. The van der Waals surface area contributed by atoms with Crippen LogP contribution < -0.4 is 15.2 Å². The van der Waals surface area contributed by atoms with E-state index in [4.69, 9.17) is 14.5 Å². The van der Waals surface area contributed by atoms with Crippen molar-refractivity contribution < 1.29 is 19.3 Å². The number of methoxy groups -OCH3 is 1. The molecule has 152 valence electrons. The summed E-state index contributed by atoms with van der Waals surface area (Å²) in [5, 5.41) is 5.04. The molecule has 0 unspecified atom stereocenters. The van der Waals surface area contributed by atoms with Crippen molar-refractivity contribution in [3.63, 3.8) is 0 Å². The third-order valence-electron chi connectivity index (χ3n) is 5.03. The van der Waals surface area contributed by atoms with Crippen LogP contribution in [0, 0.1) is 5.92 Å². The first-order valence-electron chi connectivity index (χ1n) is 9.23. The molecule has 0 atom stereocenters. The Labute approximate surface area is 163 Å². The molecule has 2 aromatic heterocycles. The Morgan fingerprint density at radius 2 is 2.07 bits per heavy atom. The van der Waals surface area contributed by atoms with Crippen LogP contribution in [0.5, 0.6) is 5.88 Å². The van der Waals surface area contributed by atoms with Crippen LogP contribution in [0.4, 0.5) is 5.82 Å². The summed E-state index contributed by atoms with van der Waals surface area (Å²) in [6.07, 6.45) is 4.74. The zero-order valence-electron chi connectivity index (χ0n) is 16.0. The summed E-state index contributed by atoms with van der Waals surface area (Å²) in [7, 11) is -0.353. The maximum atomic E-state index is 12.7. The van der Waals surface area contributed by atoms with E-state index >= 15 is 0 Å². The number of carbonyl (C=O) groups is 1. The molecule has 2 N–H and O–H groups in total. The van der Waals surface area contributed by atoms with Crippen LogP contribution in [0.25, 0.3) is 10.8 Å². The molecule has 1 aliphatic heterocycles. The lowest BCUT2D eigenvalue weighted by Gasteiger charge is -2.33. The van der Waals surface area contributed by atoms with Crippen molar-refractivity contribution in [3.05, 3.63) is 22.6 Å². The van der Waals surface area contributed by atoms with Gasteiger partial charge in [-0.1, -0.05) is 0 Å². The summed E-state index contributed by atoms with van der Waals surface area (Å²) in [5.74, 6) is 1.27. The van der Waals surface area contributed by atoms with E-state index in [9.17, 15) is 9.59 Å². The van der Waals surface area contributed by atoms with E-state index in [0.29, 0.717) is 22.9 Å². The van der Waals surface area contributed by atoms with E-state index < -0.39 is 13.9 Å². The van der Waals surface area contributed by atoms with Gasteiger partial charge >= 0.3 is 0 Å². The summed E-state index contributed by atoms with van der Waals surface area (Å²) >= 11 is 0.